The first-order valence-corrected chi connectivity index (χ1v) is 8.66. The standard InChI is InChI=1S/C18H28N4O/c1-4-13(2)20-18-21-14(3)12-16(22-18)17(23)19-11-10-15-8-6-5-7-9-15/h8,12-13H,4-7,9-11H2,1-3H3,(H,19,23)(H,20,21,22). The predicted octanol–water partition coefficient (Wildman–Crippen LogP) is 3.62. The number of rotatable bonds is 7. The van der Waals surface area contributed by atoms with Gasteiger partial charge in [0, 0.05) is 18.3 Å². The lowest BCUT2D eigenvalue weighted by atomic mass is 9.97. The van der Waals surface area contributed by atoms with Gasteiger partial charge in [-0.25, -0.2) is 9.97 Å². The van der Waals surface area contributed by atoms with Gasteiger partial charge in [-0.05, 0) is 58.4 Å². The Morgan fingerprint density at radius 1 is 1.35 bits per heavy atom. The highest BCUT2D eigenvalue weighted by Gasteiger charge is 2.12. The average Bonchev–Trinajstić information content (AvgIpc) is 2.55. The second kappa shape index (κ2) is 8.65. The van der Waals surface area contributed by atoms with Gasteiger partial charge in [0.05, 0.1) is 0 Å². The molecule has 1 amide bonds. The van der Waals surface area contributed by atoms with Crippen molar-refractivity contribution in [2.24, 2.45) is 0 Å². The van der Waals surface area contributed by atoms with E-state index in [1.54, 1.807) is 6.07 Å². The van der Waals surface area contributed by atoms with Gasteiger partial charge in [0.1, 0.15) is 5.69 Å². The van der Waals surface area contributed by atoms with Crippen LogP contribution < -0.4 is 10.6 Å². The van der Waals surface area contributed by atoms with E-state index in [2.05, 4.69) is 40.5 Å². The van der Waals surface area contributed by atoms with Crippen molar-refractivity contribution >= 4 is 11.9 Å². The van der Waals surface area contributed by atoms with E-state index in [-0.39, 0.29) is 11.9 Å². The molecule has 0 fully saturated rings. The fourth-order valence-corrected chi connectivity index (χ4v) is 2.63. The van der Waals surface area contributed by atoms with E-state index in [1.807, 2.05) is 6.92 Å². The largest absolute Gasteiger partial charge is 0.352 e. The lowest BCUT2D eigenvalue weighted by molar-refractivity contribution is 0.0949. The van der Waals surface area contributed by atoms with Crippen molar-refractivity contribution in [2.45, 2.75) is 65.3 Å². The van der Waals surface area contributed by atoms with Crippen LogP contribution in [0.15, 0.2) is 17.7 Å². The third kappa shape index (κ3) is 5.66. The highest BCUT2D eigenvalue weighted by molar-refractivity contribution is 5.92. The number of nitrogens with one attached hydrogen (secondary N) is 2. The zero-order valence-corrected chi connectivity index (χ0v) is 14.5. The number of hydrogen-bond donors (Lipinski definition) is 2. The van der Waals surface area contributed by atoms with Crippen molar-refractivity contribution in [2.75, 3.05) is 11.9 Å². The number of carbonyl (C=O) groups is 1. The lowest BCUT2D eigenvalue weighted by Gasteiger charge is -2.14. The average molecular weight is 316 g/mol. The molecule has 0 saturated carbocycles. The van der Waals surface area contributed by atoms with E-state index in [1.165, 1.54) is 31.3 Å². The molecule has 0 bridgehead atoms. The maximum Gasteiger partial charge on any atom is 0.270 e. The van der Waals surface area contributed by atoms with Crippen molar-refractivity contribution in [3.05, 3.63) is 29.1 Å². The molecule has 1 aliphatic carbocycles. The minimum atomic E-state index is -0.126. The van der Waals surface area contributed by atoms with E-state index in [4.69, 9.17) is 0 Å². The molecule has 1 heterocycles. The summed E-state index contributed by atoms with van der Waals surface area (Å²) >= 11 is 0. The number of aromatic nitrogens is 2. The number of amides is 1. The summed E-state index contributed by atoms with van der Waals surface area (Å²) in [7, 11) is 0. The quantitative estimate of drug-likeness (QED) is 0.754. The van der Waals surface area contributed by atoms with Gasteiger partial charge >= 0.3 is 0 Å². The zero-order chi connectivity index (χ0) is 16.7. The van der Waals surface area contributed by atoms with Gasteiger partial charge in [0.15, 0.2) is 0 Å². The molecule has 1 unspecified atom stereocenters. The van der Waals surface area contributed by atoms with E-state index < -0.39 is 0 Å². The van der Waals surface area contributed by atoms with Gasteiger partial charge in [0.2, 0.25) is 5.95 Å². The summed E-state index contributed by atoms with van der Waals surface area (Å²) in [4.78, 5) is 21.0. The van der Waals surface area contributed by atoms with Gasteiger partial charge in [-0.1, -0.05) is 18.6 Å². The molecule has 0 saturated heterocycles. The highest BCUT2D eigenvalue weighted by atomic mass is 16.1. The molecule has 0 spiro atoms. The molecule has 1 atom stereocenters. The molecule has 1 aromatic heterocycles. The minimum absolute atomic E-state index is 0.126. The van der Waals surface area contributed by atoms with Gasteiger partial charge in [-0.15, -0.1) is 0 Å². The van der Waals surface area contributed by atoms with Crippen molar-refractivity contribution in [3.8, 4) is 0 Å². The van der Waals surface area contributed by atoms with Gasteiger partial charge < -0.3 is 10.6 Å². The molecule has 1 aliphatic rings. The smallest absolute Gasteiger partial charge is 0.270 e. The normalized spacial score (nSPS) is 15.7. The molecule has 5 heteroatoms. The summed E-state index contributed by atoms with van der Waals surface area (Å²) in [6.45, 7) is 6.72. The Morgan fingerprint density at radius 2 is 2.17 bits per heavy atom. The summed E-state index contributed by atoms with van der Waals surface area (Å²) in [5.41, 5.74) is 2.70. The van der Waals surface area contributed by atoms with Crippen molar-refractivity contribution in [1.82, 2.24) is 15.3 Å². The topological polar surface area (TPSA) is 66.9 Å². The Kier molecular flexibility index (Phi) is 6.56. The van der Waals surface area contributed by atoms with Crippen LogP contribution in [0.5, 0.6) is 0 Å². The van der Waals surface area contributed by atoms with Crippen LogP contribution >= 0.6 is 0 Å². The van der Waals surface area contributed by atoms with Crippen LogP contribution in [0, 0.1) is 6.92 Å². The third-order valence-electron chi connectivity index (χ3n) is 4.19. The summed E-state index contributed by atoms with van der Waals surface area (Å²) in [6.07, 6.45) is 9.16. The summed E-state index contributed by atoms with van der Waals surface area (Å²) < 4.78 is 0. The molecule has 5 nitrogen and oxygen atoms in total. The number of anilines is 1. The fourth-order valence-electron chi connectivity index (χ4n) is 2.63. The van der Waals surface area contributed by atoms with Crippen LogP contribution in [0.3, 0.4) is 0 Å². The Morgan fingerprint density at radius 3 is 2.87 bits per heavy atom. The number of aryl methyl sites for hydroxylation is 1. The molecule has 2 N–H and O–H groups in total. The fraction of sp³-hybridized carbons (Fsp3) is 0.611. The van der Waals surface area contributed by atoms with Crippen LogP contribution in [-0.2, 0) is 0 Å². The first kappa shape index (κ1) is 17.4. The number of allylic oxidation sites excluding steroid dienone is 1. The van der Waals surface area contributed by atoms with Gasteiger partial charge in [-0.2, -0.15) is 0 Å². The predicted molar refractivity (Wildman–Crippen MR) is 93.6 cm³/mol. The first-order chi connectivity index (χ1) is 11.1. The number of carbonyl (C=O) groups excluding carboxylic acids is 1. The Hall–Kier alpha value is -1.91. The van der Waals surface area contributed by atoms with Crippen molar-refractivity contribution in [1.29, 1.82) is 0 Å². The molecular weight excluding hydrogens is 288 g/mol. The Balaban J connectivity index is 1.91. The second-order valence-corrected chi connectivity index (χ2v) is 6.29. The molecule has 23 heavy (non-hydrogen) atoms. The second-order valence-electron chi connectivity index (χ2n) is 6.29. The monoisotopic (exact) mass is 316 g/mol. The van der Waals surface area contributed by atoms with Crippen LogP contribution in [0.4, 0.5) is 5.95 Å². The van der Waals surface area contributed by atoms with Gasteiger partial charge in [0.25, 0.3) is 5.91 Å². The highest BCUT2D eigenvalue weighted by Crippen LogP contribution is 2.19. The first-order valence-electron chi connectivity index (χ1n) is 8.66. The van der Waals surface area contributed by atoms with Crippen molar-refractivity contribution in [3.63, 3.8) is 0 Å². The zero-order valence-electron chi connectivity index (χ0n) is 14.5. The van der Waals surface area contributed by atoms with E-state index in [0.717, 1.165) is 18.5 Å². The third-order valence-corrected chi connectivity index (χ3v) is 4.19. The lowest BCUT2D eigenvalue weighted by Crippen LogP contribution is -2.27. The summed E-state index contributed by atoms with van der Waals surface area (Å²) in [5, 5.41) is 6.19. The number of nitrogens with zero attached hydrogens (tertiary/aromatic N) is 2. The van der Waals surface area contributed by atoms with E-state index >= 15 is 0 Å². The SMILES string of the molecule is CCC(C)Nc1nc(C)cc(C(=O)NCCC2=CCCCC2)n1. The van der Waals surface area contributed by atoms with Crippen LogP contribution in [-0.4, -0.2) is 28.5 Å². The van der Waals surface area contributed by atoms with E-state index in [9.17, 15) is 4.79 Å². The molecule has 1 aromatic rings. The molecule has 0 radical (unpaired) electrons. The number of hydrogen-bond acceptors (Lipinski definition) is 4. The van der Waals surface area contributed by atoms with Crippen LogP contribution in [0.2, 0.25) is 0 Å². The molecule has 2 rings (SSSR count). The maximum atomic E-state index is 12.3. The minimum Gasteiger partial charge on any atom is -0.352 e. The molecular formula is C18H28N4O. The van der Waals surface area contributed by atoms with E-state index in [0.29, 0.717) is 18.2 Å². The molecule has 0 aliphatic heterocycles. The van der Waals surface area contributed by atoms with Crippen LogP contribution in [0.25, 0.3) is 0 Å². The summed E-state index contributed by atoms with van der Waals surface area (Å²) in [6, 6.07) is 2.02. The maximum absolute atomic E-state index is 12.3. The van der Waals surface area contributed by atoms with Gasteiger partial charge in [-0.3, -0.25) is 4.79 Å². The summed E-state index contributed by atoms with van der Waals surface area (Å²) in [5.74, 6) is 0.401. The Bertz CT molecular complexity index is 568. The van der Waals surface area contributed by atoms with Crippen LogP contribution in [0.1, 0.15) is 68.6 Å². The van der Waals surface area contributed by atoms with Crippen molar-refractivity contribution < 1.29 is 4.79 Å². The molecule has 0 aromatic carbocycles. The molecule has 126 valence electrons. The Labute approximate surface area is 139 Å².